The highest BCUT2D eigenvalue weighted by atomic mass is 32.1. The van der Waals surface area contributed by atoms with E-state index in [2.05, 4.69) is 199 Å². The van der Waals surface area contributed by atoms with E-state index in [0.29, 0.717) is 17.7 Å². The molecule has 4 heterocycles. The predicted molar refractivity (Wildman–Crippen MR) is 250 cm³/mol. The lowest BCUT2D eigenvalue weighted by molar-refractivity contribution is 0.663. The molecule has 13 rings (SSSR count). The summed E-state index contributed by atoms with van der Waals surface area (Å²) in [5, 5.41) is 7.19. The molecule has 0 saturated heterocycles. The smallest absolute Gasteiger partial charge is 0.240 e. The molecule has 0 radical (unpaired) electrons. The van der Waals surface area contributed by atoms with Crippen molar-refractivity contribution in [2.75, 3.05) is 0 Å². The third-order valence-electron chi connectivity index (χ3n) is 12.8. The van der Waals surface area contributed by atoms with Crippen LogP contribution in [0, 0.1) is 0 Å². The van der Waals surface area contributed by atoms with Crippen molar-refractivity contribution in [3.63, 3.8) is 0 Å². The van der Waals surface area contributed by atoms with Crippen LogP contribution in [0.5, 0.6) is 0 Å². The van der Waals surface area contributed by atoms with Crippen LogP contribution in [0.1, 0.15) is 25.0 Å². The Labute approximate surface area is 349 Å². The molecule has 5 nitrogen and oxygen atoms in total. The average Bonchev–Trinajstić information content (AvgIpc) is 4.02. The van der Waals surface area contributed by atoms with Gasteiger partial charge in [0.1, 0.15) is 0 Å². The molecule has 60 heavy (non-hydrogen) atoms. The Morgan fingerprint density at radius 3 is 1.72 bits per heavy atom. The van der Waals surface area contributed by atoms with Crippen molar-refractivity contribution in [3.05, 3.63) is 187 Å². The molecular formula is C54H35N5S. The number of hydrogen-bond acceptors (Lipinski definition) is 4. The second-order valence-electron chi connectivity index (χ2n) is 16.4. The number of fused-ring (bicyclic) bond motifs is 14. The van der Waals surface area contributed by atoms with Crippen molar-refractivity contribution < 1.29 is 0 Å². The van der Waals surface area contributed by atoms with Crippen LogP contribution in [-0.2, 0) is 5.41 Å². The first-order valence-corrected chi connectivity index (χ1v) is 21.3. The van der Waals surface area contributed by atoms with E-state index < -0.39 is 0 Å². The van der Waals surface area contributed by atoms with Crippen molar-refractivity contribution in [1.29, 1.82) is 0 Å². The Hall–Kier alpha value is -7.41. The molecule has 0 bridgehead atoms. The SMILES string of the molecule is CC1(C)c2ccccc2-c2ccc3c4ccccc4n(-c4nc(-c5ccc(-c6ccccc6)cc5)nc(-n5c6ccccc6c6ccc7c8ccccc8sc7c65)n4)c3c21. The molecule has 0 spiro atoms. The number of thiophene rings is 1. The monoisotopic (exact) mass is 785 g/mol. The van der Waals surface area contributed by atoms with Gasteiger partial charge in [0, 0.05) is 48.0 Å². The molecule has 1 aliphatic rings. The van der Waals surface area contributed by atoms with E-state index in [1.54, 1.807) is 0 Å². The van der Waals surface area contributed by atoms with Gasteiger partial charge < -0.3 is 0 Å². The van der Waals surface area contributed by atoms with E-state index in [-0.39, 0.29) is 5.41 Å². The van der Waals surface area contributed by atoms with Gasteiger partial charge in [-0.2, -0.15) is 15.0 Å². The van der Waals surface area contributed by atoms with E-state index >= 15 is 0 Å². The summed E-state index contributed by atoms with van der Waals surface area (Å²) in [5.41, 5.74) is 12.5. The number of nitrogens with zero attached hydrogens (tertiary/aromatic N) is 5. The quantitative estimate of drug-likeness (QED) is 0.179. The second-order valence-corrected chi connectivity index (χ2v) is 17.5. The molecular weight excluding hydrogens is 751 g/mol. The molecule has 8 aromatic carbocycles. The molecule has 0 unspecified atom stereocenters. The highest BCUT2D eigenvalue weighted by molar-refractivity contribution is 7.26. The van der Waals surface area contributed by atoms with Crippen LogP contribution in [0.3, 0.4) is 0 Å². The molecule has 0 saturated carbocycles. The molecule has 4 aromatic heterocycles. The van der Waals surface area contributed by atoms with Crippen molar-refractivity contribution in [2.24, 2.45) is 0 Å². The first-order valence-electron chi connectivity index (χ1n) is 20.5. The van der Waals surface area contributed by atoms with Crippen LogP contribution in [-0.4, -0.2) is 24.1 Å². The standard InChI is InChI=1S/C54H35N5S/c1-54(2)43-20-10-6-16-35(43)39-28-29-40-36-17-7-11-21-44(36)58(48(40)47(39)54)52-55-51(34-26-24-33(25-27-34)32-14-4-3-5-15-32)56-53(57-52)59-45-22-12-8-18-37(45)41-30-31-42-38-19-9-13-23-46(38)60-50(42)49(41)59/h3-31H,1-2H3. The summed E-state index contributed by atoms with van der Waals surface area (Å²) in [4.78, 5) is 16.5. The maximum Gasteiger partial charge on any atom is 0.240 e. The fourth-order valence-corrected chi connectivity index (χ4v) is 11.3. The summed E-state index contributed by atoms with van der Waals surface area (Å²) in [6, 6.07) is 63.2. The molecule has 282 valence electrons. The van der Waals surface area contributed by atoms with Crippen LogP contribution in [0.2, 0.25) is 0 Å². The average molecular weight is 786 g/mol. The Morgan fingerprint density at radius 1 is 0.417 bits per heavy atom. The van der Waals surface area contributed by atoms with Gasteiger partial charge in [0.2, 0.25) is 11.9 Å². The highest BCUT2D eigenvalue weighted by Crippen LogP contribution is 2.53. The third-order valence-corrected chi connectivity index (χ3v) is 14.0. The lowest BCUT2D eigenvalue weighted by Crippen LogP contribution is -2.17. The maximum absolute atomic E-state index is 5.60. The van der Waals surface area contributed by atoms with E-state index in [1.807, 2.05) is 11.3 Å². The minimum absolute atomic E-state index is 0.261. The summed E-state index contributed by atoms with van der Waals surface area (Å²) in [6.07, 6.45) is 0. The normalized spacial score (nSPS) is 13.3. The Kier molecular flexibility index (Phi) is 6.88. The summed E-state index contributed by atoms with van der Waals surface area (Å²) in [7, 11) is 0. The predicted octanol–water partition coefficient (Wildman–Crippen LogP) is 14.1. The van der Waals surface area contributed by atoms with Crippen molar-refractivity contribution in [3.8, 4) is 45.5 Å². The summed E-state index contributed by atoms with van der Waals surface area (Å²) < 4.78 is 7.07. The van der Waals surface area contributed by atoms with Gasteiger partial charge >= 0.3 is 0 Å². The van der Waals surface area contributed by atoms with E-state index in [4.69, 9.17) is 15.0 Å². The van der Waals surface area contributed by atoms with Gasteiger partial charge in [0.15, 0.2) is 5.82 Å². The molecule has 6 heteroatoms. The first kappa shape index (κ1) is 33.6. The Morgan fingerprint density at radius 2 is 0.967 bits per heavy atom. The molecule has 0 N–H and O–H groups in total. The minimum Gasteiger partial charge on any atom is -0.277 e. The minimum atomic E-state index is -0.261. The van der Waals surface area contributed by atoms with Crippen molar-refractivity contribution in [1.82, 2.24) is 24.1 Å². The topological polar surface area (TPSA) is 48.5 Å². The zero-order valence-electron chi connectivity index (χ0n) is 32.9. The third kappa shape index (κ3) is 4.59. The van der Waals surface area contributed by atoms with Gasteiger partial charge in [-0.05, 0) is 51.6 Å². The molecule has 12 aromatic rings. The number of benzene rings is 8. The van der Waals surface area contributed by atoms with Crippen LogP contribution in [0.4, 0.5) is 0 Å². The van der Waals surface area contributed by atoms with Gasteiger partial charge in [-0.25, -0.2) is 0 Å². The number of aromatic nitrogens is 5. The van der Waals surface area contributed by atoms with Crippen LogP contribution in [0.25, 0.3) is 109 Å². The largest absolute Gasteiger partial charge is 0.277 e. The zero-order chi connectivity index (χ0) is 39.7. The lowest BCUT2D eigenvalue weighted by Gasteiger charge is -2.23. The first-order chi connectivity index (χ1) is 29.5. The number of rotatable bonds is 4. The van der Waals surface area contributed by atoms with Crippen LogP contribution < -0.4 is 0 Å². The molecule has 0 amide bonds. The second kappa shape index (κ2) is 12.3. The van der Waals surface area contributed by atoms with Crippen molar-refractivity contribution in [2.45, 2.75) is 19.3 Å². The molecule has 1 aliphatic carbocycles. The van der Waals surface area contributed by atoms with Gasteiger partial charge in [0.05, 0.1) is 26.8 Å². The van der Waals surface area contributed by atoms with E-state index in [1.165, 1.54) is 64.1 Å². The van der Waals surface area contributed by atoms with Crippen LogP contribution >= 0.6 is 11.3 Å². The summed E-state index contributed by atoms with van der Waals surface area (Å²) in [5.74, 6) is 1.78. The lowest BCUT2D eigenvalue weighted by atomic mass is 9.81. The Bertz CT molecular complexity index is 3740. The molecule has 0 aliphatic heterocycles. The number of hydrogen-bond donors (Lipinski definition) is 0. The molecule has 0 atom stereocenters. The highest BCUT2D eigenvalue weighted by Gasteiger charge is 2.38. The van der Waals surface area contributed by atoms with Crippen LogP contribution in [0.15, 0.2) is 176 Å². The van der Waals surface area contributed by atoms with E-state index in [0.717, 1.165) is 38.6 Å². The Balaban J connectivity index is 1.16. The van der Waals surface area contributed by atoms with E-state index in [9.17, 15) is 0 Å². The summed E-state index contributed by atoms with van der Waals surface area (Å²) in [6.45, 7) is 4.71. The van der Waals surface area contributed by atoms with Gasteiger partial charge in [0.25, 0.3) is 0 Å². The van der Waals surface area contributed by atoms with Gasteiger partial charge in [-0.3, -0.25) is 9.13 Å². The summed E-state index contributed by atoms with van der Waals surface area (Å²) >= 11 is 1.83. The van der Waals surface area contributed by atoms with Crippen molar-refractivity contribution >= 4 is 75.1 Å². The number of para-hydroxylation sites is 2. The molecule has 0 fully saturated rings. The fraction of sp³-hybridized carbons (Fsp3) is 0.0556. The van der Waals surface area contributed by atoms with Gasteiger partial charge in [-0.15, -0.1) is 11.3 Å². The maximum atomic E-state index is 5.60. The fourth-order valence-electron chi connectivity index (χ4n) is 10.1. The van der Waals surface area contributed by atoms with Gasteiger partial charge in [-0.1, -0.05) is 172 Å². The zero-order valence-corrected chi connectivity index (χ0v) is 33.7.